The topological polar surface area (TPSA) is 61.8 Å². The van der Waals surface area contributed by atoms with E-state index in [4.69, 9.17) is 4.74 Å². The third kappa shape index (κ3) is 5.73. The van der Waals surface area contributed by atoms with Gasteiger partial charge >= 0.3 is 0 Å². The van der Waals surface area contributed by atoms with E-state index in [1.807, 2.05) is 0 Å². The van der Waals surface area contributed by atoms with Gasteiger partial charge in [0.1, 0.15) is 18.5 Å². The van der Waals surface area contributed by atoms with Crippen molar-refractivity contribution in [3.8, 4) is 5.75 Å². The van der Waals surface area contributed by atoms with E-state index in [1.165, 1.54) is 26.2 Å². The maximum absolute atomic E-state index is 10.9. The summed E-state index contributed by atoms with van der Waals surface area (Å²) in [6, 6.07) is 7.15. The molecule has 1 amide bonds. The molecule has 2 N–H and O–H groups in total. The molecule has 5 heteroatoms. The van der Waals surface area contributed by atoms with Crippen LogP contribution in [-0.4, -0.2) is 48.3 Å². The van der Waals surface area contributed by atoms with Crippen LogP contribution in [0.25, 0.3) is 0 Å². The van der Waals surface area contributed by atoms with Gasteiger partial charge in [-0.15, -0.1) is 0 Å². The molecule has 1 aliphatic rings. The third-order valence-corrected chi connectivity index (χ3v) is 3.53. The molecule has 0 unspecified atom stereocenters. The van der Waals surface area contributed by atoms with Gasteiger partial charge in [-0.2, -0.15) is 0 Å². The number of carbonyl (C=O) groups excluding carboxylic acids is 1. The fourth-order valence-electron chi connectivity index (χ4n) is 2.52. The van der Waals surface area contributed by atoms with Gasteiger partial charge in [0.15, 0.2) is 0 Å². The second-order valence-electron chi connectivity index (χ2n) is 5.53. The summed E-state index contributed by atoms with van der Waals surface area (Å²) in [6.07, 6.45) is 3.26. The van der Waals surface area contributed by atoms with Crippen molar-refractivity contribution in [1.29, 1.82) is 0 Å². The Bertz CT molecular complexity index is 441. The molecule has 0 aliphatic carbocycles. The number of benzene rings is 1. The number of nitrogens with one attached hydrogen (secondary N) is 1. The summed E-state index contributed by atoms with van der Waals surface area (Å²) in [5, 5.41) is 12.7. The van der Waals surface area contributed by atoms with Crippen LogP contribution < -0.4 is 10.1 Å². The number of ether oxygens (including phenoxy) is 1. The minimum absolute atomic E-state index is 0.0966. The van der Waals surface area contributed by atoms with E-state index in [-0.39, 0.29) is 12.5 Å². The van der Waals surface area contributed by atoms with Crippen LogP contribution in [0, 0.1) is 0 Å². The number of hydrogen-bond acceptors (Lipinski definition) is 4. The number of amides is 1. The Labute approximate surface area is 125 Å². The summed E-state index contributed by atoms with van der Waals surface area (Å²) in [4.78, 5) is 13.2. The highest BCUT2D eigenvalue weighted by molar-refractivity contribution is 5.88. The van der Waals surface area contributed by atoms with Crippen molar-refractivity contribution in [2.75, 3.05) is 31.6 Å². The molecule has 0 radical (unpaired) electrons. The van der Waals surface area contributed by atoms with Crippen molar-refractivity contribution < 1.29 is 14.6 Å². The van der Waals surface area contributed by atoms with Crippen LogP contribution >= 0.6 is 0 Å². The molecular formula is C16H24N2O3. The molecular weight excluding hydrogens is 268 g/mol. The number of nitrogens with zero attached hydrogens (tertiary/aromatic N) is 1. The quantitative estimate of drug-likeness (QED) is 0.840. The number of carbonyl (C=O) groups is 1. The van der Waals surface area contributed by atoms with Gasteiger partial charge in [0.25, 0.3) is 0 Å². The van der Waals surface area contributed by atoms with Crippen molar-refractivity contribution >= 4 is 11.6 Å². The van der Waals surface area contributed by atoms with Crippen LogP contribution in [0.1, 0.15) is 26.2 Å². The van der Waals surface area contributed by atoms with Gasteiger partial charge in [0.05, 0.1) is 0 Å². The Kier molecular flexibility index (Phi) is 6.02. The monoisotopic (exact) mass is 292 g/mol. The minimum atomic E-state index is -0.474. The van der Waals surface area contributed by atoms with Crippen LogP contribution in [0.15, 0.2) is 24.3 Å². The van der Waals surface area contributed by atoms with Crippen LogP contribution in [0.5, 0.6) is 5.75 Å². The fourth-order valence-corrected chi connectivity index (χ4v) is 2.52. The Hall–Kier alpha value is -1.59. The zero-order chi connectivity index (χ0) is 15.1. The van der Waals surface area contributed by atoms with Crippen LogP contribution in [-0.2, 0) is 4.79 Å². The Balaban J connectivity index is 1.72. The van der Waals surface area contributed by atoms with Crippen LogP contribution in [0.4, 0.5) is 5.69 Å². The molecule has 5 nitrogen and oxygen atoms in total. The molecule has 0 bridgehead atoms. The van der Waals surface area contributed by atoms with Crippen molar-refractivity contribution in [3.05, 3.63) is 24.3 Å². The van der Waals surface area contributed by atoms with Crippen LogP contribution in [0.2, 0.25) is 0 Å². The molecule has 0 aromatic heterocycles. The van der Waals surface area contributed by atoms with E-state index in [0.717, 1.165) is 18.8 Å². The normalized spacial score (nSPS) is 17.2. The second kappa shape index (κ2) is 8.00. The molecule has 0 saturated carbocycles. The van der Waals surface area contributed by atoms with Crippen LogP contribution in [0.3, 0.4) is 0 Å². The Morgan fingerprint density at radius 1 is 1.29 bits per heavy atom. The van der Waals surface area contributed by atoms with E-state index in [2.05, 4.69) is 10.2 Å². The number of β-amino-alcohol motifs (C(OH)–C–C–N with tert-alkyl or cyclic N) is 1. The summed E-state index contributed by atoms with van der Waals surface area (Å²) < 4.78 is 5.58. The summed E-state index contributed by atoms with van der Waals surface area (Å²) in [5.74, 6) is 0.599. The van der Waals surface area contributed by atoms with Crippen molar-refractivity contribution in [2.45, 2.75) is 32.3 Å². The van der Waals surface area contributed by atoms with E-state index in [0.29, 0.717) is 12.3 Å². The fraction of sp³-hybridized carbons (Fsp3) is 0.562. The lowest BCUT2D eigenvalue weighted by Gasteiger charge is -2.28. The van der Waals surface area contributed by atoms with Gasteiger partial charge in [0.2, 0.25) is 5.91 Å². The number of anilines is 1. The second-order valence-corrected chi connectivity index (χ2v) is 5.53. The molecule has 1 atom stereocenters. The first-order valence-corrected chi connectivity index (χ1v) is 7.54. The highest BCUT2D eigenvalue weighted by atomic mass is 16.5. The van der Waals surface area contributed by atoms with E-state index < -0.39 is 6.10 Å². The summed E-state index contributed by atoms with van der Waals surface area (Å²) in [7, 11) is 0. The standard InChI is InChI=1S/C16H24N2O3/c1-13(19)17-14-5-7-16(8-6-14)21-12-15(20)11-18-9-3-2-4-10-18/h5-8,15,20H,2-4,9-12H2,1H3,(H,17,19)/t15-/m0/s1. The maximum atomic E-state index is 10.9. The van der Waals surface area contributed by atoms with Crippen molar-refractivity contribution in [2.24, 2.45) is 0 Å². The first-order valence-electron chi connectivity index (χ1n) is 7.54. The highest BCUT2D eigenvalue weighted by Gasteiger charge is 2.14. The largest absolute Gasteiger partial charge is 0.491 e. The maximum Gasteiger partial charge on any atom is 0.221 e. The van der Waals surface area contributed by atoms with Crippen molar-refractivity contribution in [1.82, 2.24) is 4.90 Å². The molecule has 1 fully saturated rings. The predicted molar refractivity (Wildman–Crippen MR) is 82.5 cm³/mol. The van der Waals surface area contributed by atoms with E-state index >= 15 is 0 Å². The number of piperidine rings is 1. The van der Waals surface area contributed by atoms with Gasteiger partial charge in [-0.05, 0) is 50.2 Å². The Morgan fingerprint density at radius 3 is 2.57 bits per heavy atom. The molecule has 21 heavy (non-hydrogen) atoms. The van der Waals surface area contributed by atoms with Gasteiger partial charge in [-0.1, -0.05) is 6.42 Å². The van der Waals surface area contributed by atoms with Gasteiger partial charge in [-0.3, -0.25) is 4.79 Å². The van der Waals surface area contributed by atoms with Crippen molar-refractivity contribution in [3.63, 3.8) is 0 Å². The lowest BCUT2D eigenvalue weighted by molar-refractivity contribution is -0.114. The zero-order valence-electron chi connectivity index (χ0n) is 12.5. The lowest BCUT2D eigenvalue weighted by atomic mass is 10.1. The number of aliphatic hydroxyl groups excluding tert-OH is 1. The summed E-state index contributed by atoms with van der Waals surface area (Å²) in [5.41, 5.74) is 0.740. The highest BCUT2D eigenvalue weighted by Crippen LogP contribution is 2.16. The molecule has 1 aliphatic heterocycles. The van der Waals surface area contributed by atoms with E-state index in [1.54, 1.807) is 24.3 Å². The molecule has 1 aromatic carbocycles. The van der Waals surface area contributed by atoms with Gasteiger partial charge < -0.3 is 20.1 Å². The van der Waals surface area contributed by atoms with E-state index in [9.17, 15) is 9.90 Å². The number of likely N-dealkylation sites (tertiary alicyclic amines) is 1. The summed E-state index contributed by atoms with van der Waals surface area (Å²) >= 11 is 0. The smallest absolute Gasteiger partial charge is 0.221 e. The predicted octanol–water partition coefficient (Wildman–Crippen LogP) is 1.87. The first kappa shape index (κ1) is 15.8. The number of hydrogen-bond donors (Lipinski definition) is 2. The lowest BCUT2D eigenvalue weighted by Crippen LogP contribution is -2.38. The molecule has 116 valence electrons. The molecule has 1 saturated heterocycles. The van der Waals surface area contributed by atoms with Gasteiger partial charge in [-0.25, -0.2) is 0 Å². The average molecular weight is 292 g/mol. The average Bonchev–Trinajstić information content (AvgIpc) is 2.47. The Morgan fingerprint density at radius 2 is 1.95 bits per heavy atom. The molecule has 1 aromatic rings. The number of aliphatic hydroxyl groups is 1. The third-order valence-electron chi connectivity index (χ3n) is 3.53. The number of rotatable bonds is 6. The minimum Gasteiger partial charge on any atom is -0.491 e. The zero-order valence-corrected chi connectivity index (χ0v) is 12.5. The molecule has 0 spiro atoms. The SMILES string of the molecule is CC(=O)Nc1ccc(OC[C@@H](O)CN2CCCCC2)cc1. The summed E-state index contributed by atoms with van der Waals surface area (Å²) in [6.45, 7) is 4.58. The van der Waals surface area contributed by atoms with Gasteiger partial charge in [0, 0.05) is 19.2 Å². The first-order chi connectivity index (χ1) is 10.1. The molecule has 2 rings (SSSR count). The molecule has 1 heterocycles.